The number of nitro benzene ring substituents is 1. The van der Waals surface area contributed by atoms with Gasteiger partial charge in [-0.05, 0) is 79.3 Å². The predicted molar refractivity (Wildman–Crippen MR) is 156 cm³/mol. The SMILES string of the molecule is CC1=C([C@H](O)CC/C(=C/c2ccc(O)cc2)c2ccccn2)[C@H](CO)[C@@H]2C(=O)N(c3cccc([N+](=O)[O-])c3)C(=O)[C@@H]2C1. The third-order valence-corrected chi connectivity index (χ3v) is 8.10. The van der Waals surface area contributed by atoms with Crippen LogP contribution in [0, 0.1) is 27.9 Å². The zero-order valence-electron chi connectivity index (χ0n) is 23.0. The number of allylic oxidation sites excluding steroid dienone is 2. The average molecular weight is 570 g/mol. The van der Waals surface area contributed by atoms with Crippen molar-refractivity contribution in [2.75, 3.05) is 11.5 Å². The molecule has 1 saturated heterocycles. The lowest BCUT2D eigenvalue weighted by Crippen LogP contribution is -2.38. The van der Waals surface area contributed by atoms with Crippen LogP contribution in [-0.4, -0.2) is 49.8 Å². The molecule has 42 heavy (non-hydrogen) atoms. The van der Waals surface area contributed by atoms with Gasteiger partial charge >= 0.3 is 0 Å². The van der Waals surface area contributed by atoms with E-state index in [0.29, 0.717) is 12.0 Å². The van der Waals surface area contributed by atoms with Crippen LogP contribution in [0.2, 0.25) is 0 Å². The molecular weight excluding hydrogens is 538 g/mol. The smallest absolute Gasteiger partial charge is 0.271 e. The second-order valence-corrected chi connectivity index (χ2v) is 10.7. The Hall–Kier alpha value is -4.67. The highest BCUT2D eigenvalue weighted by molar-refractivity contribution is 6.22. The topological polar surface area (TPSA) is 154 Å². The quantitative estimate of drug-likeness (QED) is 0.147. The fourth-order valence-corrected chi connectivity index (χ4v) is 6.16. The number of phenols is 1. The number of anilines is 1. The van der Waals surface area contributed by atoms with Gasteiger partial charge in [-0.2, -0.15) is 0 Å². The van der Waals surface area contributed by atoms with Crippen LogP contribution in [0.5, 0.6) is 5.75 Å². The van der Waals surface area contributed by atoms with E-state index in [9.17, 15) is 35.0 Å². The molecule has 0 unspecified atom stereocenters. The normalized spacial score (nSPS) is 21.5. The second kappa shape index (κ2) is 12.1. The Morgan fingerprint density at radius 1 is 1.12 bits per heavy atom. The molecule has 1 fully saturated rings. The number of nitro groups is 1. The number of fused-ring (bicyclic) bond motifs is 1. The van der Waals surface area contributed by atoms with Crippen LogP contribution in [0.3, 0.4) is 0 Å². The molecule has 3 N–H and O–H groups in total. The maximum Gasteiger partial charge on any atom is 0.271 e. The van der Waals surface area contributed by atoms with Crippen molar-refractivity contribution >= 4 is 34.8 Å². The molecule has 2 heterocycles. The summed E-state index contributed by atoms with van der Waals surface area (Å²) in [5, 5.41) is 42.9. The maximum atomic E-state index is 13.6. The zero-order chi connectivity index (χ0) is 30.0. The summed E-state index contributed by atoms with van der Waals surface area (Å²) in [6, 6.07) is 17.7. The van der Waals surface area contributed by atoms with Crippen LogP contribution in [0.15, 0.2) is 84.1 Å². The number of amides is 2. The highest BCUT2D eigenvalue weighted by Gasteiger charge is 2.55. The van der Waals surface area contributed by atoms with Gasteiger partial charge in [-0.3, -0.25) is 24.7 Å². The third-order valence-electron chi connectivity index (χ3n) is 8.10. The van der Waals surface area contributed by atoms with E-state index in [1.165, 1.54) is 24.3 Å². The monoisotopic (exact) mass is 569 g/mol. The van der Waals surface area contributed by atoms with Crippen molar-refractivity contribution in [2.24, 2.45) is 17.8 Å². The van der Waals surface area contributed by atoms with Crippen molar-refractivity contribution in [3.8, 4) is 5.75 Å². The Labute approximate surface area is 242 Å². The number of aromatic hydroxyl groups is 1. The van der Waals surface area contributed by atoms with Crippen molar-refractivity contribution in [1.82, 2.24) is 4.98 Å². The van der Waals surface area contributed by atoms with E-state index in [1.807, 2.05) is 24.3 Å². The number of aliphatic hydroxyl groups excluding tert-OH is 2. The van der Waals surface area contributed by atoms with Gasteiger partial charge in [0.1, 0.15) is 5.75 Å². The molecule has 216 valence electrons. The lowest BCUT2D eigenvalue weighted by molar-refractivity contribution is -0.384. The van der Waals surface area contributed by atoms with Gasteiger partial charge in [0.25, 0.3) is 5.69 Å². The lowest BCUT2D eigenvalue weighted by atomic mass is 9.68. The summed E-state index contributed by atoms with van der Waals surface area (Å²) in [5.41, 5.74) is 3.60. The minimum absolute atomic E-state index is 0.115. The first kappa shape index (κ1) is 28.8. The Balaban J connectivity index is 1.40. The Bertz CT molecular complexity index is 1570. The van der Waals surface area contributed by atoms with E-state index >= 15 is 0 Å². The van der Waals surface area contributed by atoms with Gasteiger partial charge in [-0.25, -0.2) is 4.90 Å². The molecule has 0 saturated carbocycles. The number of carbonyl (C=O) groups excluding carboxylic acids is 2. The fourth-order valence-electron chi connectivity index (χ4n) is 6.16. The van der Waals surface area contributed by atoms with Gasteiger partial charge < -0.3 is 15.3 Å². The molecule has 2 amide bonds. The van der Waals surface area contributed by atoms with Crippen LogP contribution >= 0.6 is 0 Å². The number of pyridine rings is 1. The number of carbonyl (C=O) groups is 2. The summed E-state index contributed by atoms with van der Waals surface area (Å²) in [4.78, 5) is 43.2. The highest BCUT2D eigenvalue weighted by Crippen LogP contribution is 2.47. The third kappa shape index (κ3) is 5.59. The van der Waals surface area contributed by atoms with Gasteiger partial charge in [0.2, 0.25) is 11.8 Å². The van der Waals surface area contributed by atoms with Crippen molar-refractivity contribution in [3.05, 3.63) is 105 Å². The number of non-ortho nitro benzene ring substituents is 1. The number of nitrogens with zero attached hydrogens (tertiary/aromatic N) is 3. The predicted octanol–water partition coefficient (Wildman–Crippen LogP) is 4.51. The molecule has 0 radical (unpaired) electrons. The first-order valence-corrected chi connectivity index (χ1v) is 13.7. The fraction of sp³-hybridized carbons (Fsp3) is 0.281. The molecular formula is C32H31N3O7. The van der Waals surface area contributed by atoms with Crippen LogP contribution in [0.25, 0.3) is 11.6 Å². The Morgan fingerprint density at radius 3 is 2.55 bits per heavy atom. The standard InChI is InChI=1S/C32H31N3O7/c1-19-15-25-30(32(40)34(31(25)39)22-5-4-6-23(17-22)35(41)42)26(18-36)29(19)28(38)13-10-21(27-7-2-3-14-33-27)16-20-8-11-24(37)12-9-20/h2-9,11-12,14,16-17,25-26,28,30,36-38H,10,13,15,18H2,1H3/b21-16-/t25-,26+,28-,30-/m1/s1. The number of rotatable bonds is 9. The molecule has 10 heteroatoms. The lowest BCUT2D eigenvalue weighted by Gasteiger charge is -2.35. The number of phenolic OH excluding ortho intramolecular Hbond substituents is 1. The van der Waals surface area contributed by atoms with Gasteiger partial charge in [-0.1, -0.05) is 29.8 Å². The van der Waals surface area contributed by atoms with E-state index in [0.717, 1.165) is 27.3 Å². The number of benzene rings is 2. The number of hydrogen-bond acceptors (Lipinski definition) is 8. The maximum absolute atomic E-state index is 13.6. The first-order valence-electron chi connectivity index (χ1n) is 13.7. The van der Waals surface area contributed by atoms with Crippen molar-refractivity contribution in [1.29, 1.82) is 0 Å². The van der Waals surface area contributed by atoms with Crippen LogP contribution in [-0.2, 0) is 9.59 Å². The van der Waals surface area contributed by atoms with Gasteiger partial charge in [0.15, 0.2) is 0 Å². The molecule has 4 atom stereocenters. The number of aromatic nitrogens is 1. The van der Waals surface area contributed by atoms with Gasteiger partial charge in [0, 0.05) is 24.2 Å². The van der Waals surface area contributed by atoms with Crippen LogP contribution < -0.4 is 4.90 Å². The molecule has 1 aliphatic carbocycles. The van der Waals surface area contributed by atoms with E-state index in [-0.39, 0.29) is 30.0 Å². The Morgan fingerprint density at radius 2 is 1.88 bits per heavy atom. The van der Waals surface area contributed by atoms with Crippen molar-refractivity contribution < 1.29 is 29.8 Å². The Kier molecular flexibility index (Phi) is 8.28. The van der Waals surface area contributed by atoms with Crippen LogP contribution in [0.1, 0.15) is 37.4 Å². The summed E-state index contributed by atoms with van der Waals surface area (Å²) >= 11 is 0. The first-order chi connectivity index (χ1) is 20.2. The molecule has 2 aromatic carbocycles. The minimum atomic E-state index is -0.996. The van der Waals surface area contributed by atoms with Gasteiger partial charge in [-0.15, -0.1) is 0 Å². The molecule has 2 aliphatic rings. The number of aliphatic hydroxyl groups is 2. The number of imide groups is 1. The van der Waals surface area contributed by atoms with Crippen molar-refractivity contribution in [3.63, 3.8) is 0 Å². The largest absolute Gasteiger partial charge is 0.508 e. The van der Waals surface area contributed by atoms with Gasteiger partial charge in [0.05, 0.1) is 40.9 Å². The second-order valence-electron chi connectivity index (χ2n) is 10.7. The summed E-state index contributed by atoms with van der Waals surface area (Å²) in [5.74, 6) is -3.26. The average Bonchev–Trinajstić information content (AvgIpc) is 3.24. The molecule has 10 nitrogen and oxygen atoms in total. The highest BCUT2D eigenvalue weighted by atomic mass is 16.6. The summed E-state index contributed by atoms with van der Waals surface area (Å²) < 4.78 is 0. The minimum Gasteiger partial charge on any atom is -0.508 e. The van der Waals surface area contributed by atoms with Crippen LogP contribution in [0.4, 0.5) is 11.4 Å². The molecule has 1 aromatic heterocycles. The molecule has 0 spiro atoms. The molecule has 5 rings (SSSR count). The molecule has 1 aliphatic heterocycles. The van der Waals surface area contributed by atoms with E-state index in [4.69, 9.17) is 0 Å². The van der Waals surface area contributed by atoms with E-state index in [2.05, 4.69) is 4.98 Å². The van der Waals surface area contributed by atoms with Crippen molar-refractivity contribution in [2.45, 2.75) is 32.3 Å². The summed E-state index contributed by atoms with van der Waals surface area (Å²) in [6.45, 7) is 1.36. The molecule has 0 bridgehead atoms. The molecule has 3 aromatic rings. The zero-order valence-corrected chi connectivity index (χ0v) is 23.0. The summed E-state index contributed by atoms with van der Waals surface area (Å²) in [7, 11) is 0. The number of hydrogen-bond donors (Lipinski definition) is 3. The summed E-state index contributed by atoms with van der Waals surface area (Å²) in [6.07, 6.45) is 3.56. The van der Waals surface area contributed by atoms with E-state index < -0.39 is 47.2 Å². The van der Waals surface area contributed by atoms with E-state index in [1.54, 1.807) is 37.4 Å².